The fourth-order valence-electron chi connectivity index (χ4n) is 2.56. The fourth-order valence-corrected chi connectivity index (χ4v) is 2.56. The molecule has 1 nitrogen and oxygen atoms in total. The van der Waals surface area contributed by atoms with Crippen molar-refractivity contribution in [3.8, 4) is 5.75 Å². The molecule has 0 bridgehead atoms. The Kier molecular flexibility index (Phi) is 7.73. The molecular formula is C21H30O. The van der Waals surface area contributed by atoms with Crippen LogP contribution in [-0.4, -0.2) is 7.11 Å². The minimum Gasteiger partial charge on any atom is -0.496 e. The van der Waals surface area contributed by atoms with Crippen molar-refractivity contribution in [3.63, 3.8) is 0 Å². The van der Waals surface area contributed by atoms with Crippen molar-refractivity contribution in [1.29, 1.82) is 0 Å². The summed E-state index contributed by atoms with van der Waals surface area (Å²) < 4.78 is 5.21. The summed E-state index contributed by atoms with van der Waals surface area (Å²) >= 11 is 0. The number of methoxy groups -OCH3 is 1. The van der Waals surface area contributed by atoms with E-state index in [0.717, 1.165) is 12.2 Å². The van der Waals surface area contributed by atoms with Gasteiger partial charge in [0.15, 0.2) is 0 Å². The topological polar surface area (TPSA) is 9.23 Å². The monoisotopic (exact) mass is 298 g/mol. The van der Waals surface area contributed by atoms with Gasteiger partial charge in [0.2, 0.25) is 0 Å². The van der Waals surface area contributed by atoms with Crippen molar-refractivity contribution in [2.75, 3.05) is 7.11 Å². The summed E-state index contributed by atoms with van der Waals surface area (Å²) in [7, 11) is 1.71. The number of para-hydroxylation sites is 1. The Morgan fingerprint density at radius 2 is 1.27 bits per heavy atom. The summed E-state index contributed by atoms with van der Waals surface area (Å²) in [5.41, 5.74) is 4.26. The zero-order chi connectivity index (χ0) is 16.5. The van der Waals surface area contributed by atoms with Gasteiger partial charge in [0.05, 0.1) is 7.11 Å². The summed E-state index contributed by atoms with van der Waals surface area (Å²) in [6.07, 6.45) is 1.15. The normalized spacial score (nSPS) is 10.4. The maximum atomic E-state index is 5.21. The van der Waals surface area contributed by atoms with Crippen molar-refractivity contribution in [2.45, 2.75) is 52.9 Å². The lowest BCUT2D eigenvalue weighted by atomic mass is 9.96. The Bertz CT molecular complexity index is 504. The first-order chi connectivity index (χ1) is 10.5. The van der Waals surface area contributed by atoms with E-state index in [9.17, 15) is 0 Å². The van der Waals surface area contributed by atoms with E-state index in [1.807, 2.05) is 18.2 Å². The van der Waals surface area contributed by atoms with Gasteiger partial charge >= 0.3 is 0 Å². The smallest absolute Gasteiger partial charge is 0.122 e. The van der Waals surface area contributed by atoms with Gasteiger partial charge in [-0.25, -0.2) is 0 Å². The van der Waals surface area contributed by atoms with E-state index in [2.05, 4.69) is 65.0 Å². The summed E-state index contributed by atoms with van der Waals surface area (Å²) in [5, 5.41) is 0. The first-order valence-electron chi connectivity index (χ1n) is 8.21. The van der Waals surface area contributed by atoms with Gasteiger partial charge < -0.3 is 4.74 Å². The van der Waals surface area contributed by atoms with Gasteiger partial charge in [0.1, 0.15) is 5.75 Å². The van der Waals surface area contributed by atoms with Crippen LogP contribution in [0.25, 0.3) is 0 Å². The highest BCUT2D eigenvalue weighted by molar-refractivity contribution is 5.35. The van der Waals surface area contributed by atoms with Gasteiger partial charge in [-0.3, -0.25) is 0 Å². The maximum absolute atomic E-state index is 5.21. The van der Waals surface area contributed by atoms with Crippen molar-refractivity contribution >= 4 is 0 Å². The Hall–Kier alpha value is -1.76. The van der Waals surface area contributed by atoms with Crippen LogP contribution in [0.15, 0.2) is 48.5 Å². The zero-order valence-corrected chi connectivity index (χ0v) is 14.9. The predicted octanol–water partition coefficient (Wildman–Crippen LogP) is 6.19. The Labute approximate surface area is 136 Å². The second-order valence-electron chi connectivity index (χ2n) is 6.10. The molecular weight excluding hydrogens is 268 g/mol. The lowest BCUT2D eigenvalue weighted by Gasteiger charge is -2.10. The molecule has 0 saturated carbocycles. The van der Waals surface area contributed by atoms with Gasteiger partial charge in [-0.15, -0.1) is 0 Å². The summed E-state index contributed by atoms with van der Waals surface area (Å²) in [6, 6.07) is 16.8. The average Bonchev–Trinajstić information content (AvgIpc) is 2.55. The average molecular weight is 298 g/mol. The molecule has 0 aliphatic heterocycles. The predicted molar refractivity (Wildman–Crippen MR) is 97.0 cm³/mol. The van der Waals surface area contributed by atoms with Gasteiger partial charge in [-0.1, -0.05) is 77.1 Å². The minimum absolute atomic E-state index is 0.533. The van der Waals surface area contributed by atoms with E-state index in [0.29, 0.717) is 11.8 Å². The molecule has 0 aromatic heterocycles. The van der Waals surface area contributed by atoms with Gasteiger partial charge in [0, 0.05) is 0 Å². The van der Waals surface area contributed by atoms with E-state index in [-0.39, 0.29) is 0 Å². The van der Waals surface area contributed by atoms with Crippen molar-refractivity contribution < 1.29 is 4.74 Å². The van der Waals surface area contributed by atoms with Gasteiger partial charge in [-0.05, 0) is 41.0 Å². The molecule has 0 amide bonds. The van der Waals surface area contributed by atoms with Crippen molar-refractivity contribution in [3.05, 3.63) is 65.2 Å². The lowest BCUT2D eigenvalue weighted by molar-refractivity contribution is 0.407. The number of rotatable bonds is 4. The van der Waals surface area contributed by atoms with Crippen LogP contribution in [0.4, 0.5) is 0 Å². The second kappa shape index (κ2) is 9.30. The molecule has 0 atom stereocenters. The molecule has 0 heterocycles. The van der Waals surface area contributed by atoms with E-state index in [1.165, 1.54) is 16.7 Å². The van der Waals surface area contributed by atoms with Crippen LogP contribution < -0.4 is 4.74 Å². The van der Waals surface area contributed by atoms with Crippen LogP contribution in [0, 0.1) is 0 Å². The highest BCUT2D eigenvalue weighted by Gasteiger charge is 2.04. The molecule has 2 aromatic carbocycles. The molecule has 0 saturated heterocycles. The Balaban J connectivity index is 0.000000220. The van der Waals surface area contributed by atoms with Crippen molar-refractivity contribution in [2.24, 2.45) is 0 Å². The minimum atomic E-state index is 0.533. The molecule has 0 aliphatic rings. The molecule has 22 heavy (non-hydrogen) atoms. The first kappa shape index (κ1) is 18.3. The van der Waals surface area contributed by atoms with Crippen LogP contribution in [0.5, 0.6) is 5.75 Å². The third kappa shape index (κ3) is 5.22. The molecule has 2 rings (SSSR count). The molecule has 0 fully saturated rings. The highest BCUT2D eigenvalue weighted by Crippen LogP contribution is 2.25. The van der Waals surface area contributed by atoms with Crippen LogP contribution in [0.3, 0.4) is 0 Å². The standard InChI is InChI=1S/C11H16.C10H14O/c1-4-10-7-5-6-8-11(10)9(2)3;1-8(2)9-6-4-5-7-10(9)11-3/h5-9H,4H2,1-3H3;4-8H,1-3H3. The molecule has 0 aliphatic carbocycles. The van der Waals surface area contributed by atoms with Crippen molar-refractivity contribution in [1.82, 2.24) is 0 Å². The number of ether oxygens (including phenoxy) is 1. The molecule has 2 aromatic rings. The zero-order valence-electron chi connectivity index (χ0n) is 14.9. The SMILES string of the molecule is CCc1ccccc1C(C)C.COc1ccccc1C(C)C. The quantitative estimate of drug-likeness (QED) is 0.653. The molecule has 0 N–H and O–H groups in total. The van der Waals surface area contributed by atoms with Gasteiger partial charge in [-0.2, -0.15) is 0 Å². The second-order valence-corrected chi connectivity index (χ2v) is 6.10. The molecule has 0 unspecified atom stereocenters. The molecule has 1 heteroatoms. The maximum Gasteiger partial charge on any atom is 0.122 e. The number of hydrogen-bond acceptors (Lipinski definition) is 1. The summed E-state index contributed by atoms with van der Waals surface area (Å²) in [5.74, 6) is 2.18. The first-order valence-corrected chi connectivity index (χ1v) is 8.21. The molecule has 0 spiro atoms. The highest BCUT2D eigenvalue weighted by atomic mass is 16.5. The van der Waals surface area contributed by atoms with E-state index in [4.69, 9.17) is 4.74 Å². The van der Waals surface area contributed by atoms with Crippen LogP contribution in [0.1, 0.15) is 63.1 Å². The van der Waals surface area contributed by atoms with Gasteiger partial charge in [0.25, 0.3) is 0 Å². The molecule has 0 radical (unpaired) electrons. The van der Waals surface area contributed by atoms with E-state index < -0.39 is 0 Å². The Morgan fingerprint density at radius 1 is 0.773 bits per heavy atom. The summed E-state index contributed by atoms with van der Waals surface area (Å²) in [4.78, 5) is 0. The van der Waals surface area contributed by atoms with E-state index in [1.54, 1.807) is 7.11 Å². The summed E-state index contributed by atoms with van der Waals surface area (Å²) in [6.45, 7) is 11.0. The number of hydrogen-bond donors (Lipinski definition) is 0. The lowest BCUT2D eigenvalue weighted by Crippen LogP contribution is -1.93. The number of aryl methyl sites for hydroxylation is 1. The Morgan fingerprint density at radius 3 is 1.68 bits per heavy atom. The number of benzene rings is 2. The third-order valence-electron chi connectivity index (χ3n) is 3.82. The largest absolute Gasteiger partial charge is 0.496 e. The van der Waals surface area contributed by atoms with Crippen LogP contribution in [0.2, 0.25) is 0 Å². The third-order valence-corrected chi connectivity index (χ3v) is 3.82. The molecule has 120 valence electrons. The fraction of sp³-hybridized carbons (Fsp3) is 0.429. The van der Waals surface area contributed by atoms with Crippen LogP contribution in [-0.2, 0) is 6.42 Å². The van der Waals surface area contributed by atoms with Crippen LogP contribution >= 0.6 is 0 Å². The van der Waals surface area contributed by atoms with E-state index >= 15 is 0 Å².